The van der Waals surface area contributed by atoms with Gasteiger partial charge in [0.15, 0.2) is 0 Å². The van der Waals surface area contributed by atoms with Crippen molar-refractivity contribution in [2.24, 2.45) is 0 Å². The Morgan fingerprint density at radius 1 is 1.20 bits per heavy atom. The zero-order valence-corrected chi connectivity index (χ0v) is 6.68. The molecule has 0 aromatic rings. The molecule has 0 saturated heterocycles. The van der Waals surface area contributed by atoms with Crippen LogP contribution in [-0.2, 0) is 45.3 Å². The van der Waals surface area contributed by atoms with E-state index in [-0.39, 0.29) is 0 Å². The van der Waals surface area contributed by atoms with Gasteiger partial charge in [-0.2, -0.15) is 0 Å². The van der Waals surface area contributed by atoms with E-state index in [4.69, 9.17) is 0 Å². The molecule has 0 saturated carbocycles. The molecular weight excluding hydrogens is 432 g/mol. The van der Waals surface area contributed by atoms with Crippen LogP contribution >= 0.6 is 0 Å². The molecule has 0 rings (SSSR count). The molecule has 0 aliphatic carbocycles. The van der Waals surface area contributed by atoms with Crippen LogP contribution < -0.4 is 0 Å². The van der Waals surface area contributed by atoms with Gasteiger partial charge in [-0.1, -0.05) is 0 Å². The third-order valence-corrected chi connectivity index (χ3v) is 2.48. The summed E-state index contributed by atoms with van der Waals surface area (Å²) in [6, 6.07) is 0. The Morgan fingerprint density at radius 2 is 1.60 bits per heavy atom. The van der Waals surface area contributed by atoms with E-state index < -0.39 is 36.0 Å². The molecule has 36 valence electrons. The molecule has 0 spiro atoms. The van der Waals surface area contributed by atoms with Gasteiger partial charge in [-0.15, -0.1) is 0 Å². The molecule has 5 heavy (non-hydrogen) atoms. The van der Waals surface area contributed by atoms with Crippen LogP contribution in [0.2, 0.25) is 0 Å². The van der Waals surface area contributed by atoms with E-state index >= 15 is 0 Å². The van der Waals surface area contributed by atoms with Crippen molar-refractivity contribution in [3.05, 3.63) is 0 Å². The first-order valence-electron chi connectivity index (χ1n) is 0.544. The Hall–Kier alpha value is 0.859. The molecule has 0 fully saturated rings. The van der Waals surface area contributed by atoms with Crippen LogP contribution in [0.3, 0.4) is 0 Å². The van der Waals surface area contributed by atoms with Crippen molar-refractivity contribution in [3.63, 3.8) is 0 Å². The molecule has 0 aliphatic heterocycles. The molecule has 5 heteroatoms. The first-order chi connectivity index (χ1) is 2.41. The van der Waals surface area contributed by atoms with Crippen molar-refractivity contribution in [1.82, 2.24) is 0 Å². The zero-order chi connectivity index (χ0) is 4.12. The topological polar surface area (TPSA) is 43.4 Å². The molecule has 0 atom stereocenters. The van der Waals surface area contributed by atoms with E-state index in [1.54, 1.807) is 0 Å². The fourth-order valence-electron chi connectivity index (χ4n) is 0.00756. The summed E-state index contributed by atoms with van der Waals surface area (Å²) < 4.78 is 22.5. The third kappa shape index (κ3) is 4.86. The van der Waals surface area contributed by atoms with E-state index in [0.717, 1.165) is 0 Å². The summed E-state index contributed by atoms with van der Waals surface area (Å²) >= 11 is -3.00. The fraction of sp³-hybridized carbons (Fsp3) is 0. The molecule has 0 radical (unpaired) electrons. The van der Waals surface area contributed by atoms with Crippen molar-refractivity contribution in [3.8, 4) is 0 Å². The standard InChI is InChI=1S/2Ir.3O. The predicted molar refractivity (Wildman–Crippen MR) is 2.46 cm³/mol. The Kier molecular flexibility index (Phi) is 5.69. The van der Waals surface area contributed by atoms with E-state index in [1.165, 1.54) is 0 Å². The average Bonchev–Trinajstić information content (AvgIpc) is 1.41. The van der Waals surface area contributed by atoms with Crippen LogP contribution in [-0.4, -0.2) is 0 Å². The van der Waals surface area contributed by atoms with Gasteiger partial charge < -0.3 is 0 Å². The van der Waals surface area contributed by atoms with Crippen LogP contribution in [0.4, 0.5) is 0 Å². The van der Waals surface area contributed by atoms with Gasteiger partial charge in [-0.05, 0) is 0 Å². The molecule has 0 bridgehead atoms. The summed E-state index contributed by atoms with van der Waals surface area (Å²) in [6.07, 6.45) is 0. The van der Waals surface area contributed by atoms with E-state index in [9.17, 15) is 7.01 Å². The van der Waals surface area contributed by atoms with Crippen LogP contribution in [0, 0.1) is 0 Å². The normalized spacial score (nSPS) is 9.60. The van der Waals surface area contributed by atoms with Gasteiger partial charge in [-0.25, -0.2) is 0 Å². The van der Waals surface area contributed by atoms with E-state index in [0.29, 0.717) is 0 Å². The first kappa shape index (κ1) is 5.86. The monoisotopic (exact) mass is 434 g/mol. The van der Waals surface area contributed by atoms with Crippen molar-refractivity contribution in [2.75, 3.05) is 0 Å². The molecule has 0 aromatic heterocycles. The second kappa shape index (κ2) is 4.86. The van der Waals surface area contributed by atoms with Crippen LogP contribution in [0.5, 0.6) is 0 Å². The van der Waals surface area contributed by atoms with Crippen molar-refractivity contribution < 1.29 is 45.3 Å². The summed E-state index contributed by atoms with van der Waals surface area (Å²) in [4.78, 5) is 0. The van der Waals surface area contributed by atoms with Crippen LogP contribution in [0.25, 0.3) is 0 Å². The van der Waals surface area contributed by atoms with Gasteiger partial charge in [0.1, 0.15) is 0 Å². The van der Waals surface area contributed by atoms with Crippen molar-refractivity contribution >= 4 is 0 Å². The Bertz CT molecular complexity index is 34.2. The minimum absolute atomic E-state index is 1.50. The summed E-state index contributed by atoms with van der Waals surface area (Å²) in [6.45, 7) is 0. The van der Waals surface area contributed by atoms with Gasteiger partial charge in [-0.3, -0.25) is 0 Å². The van der Waals surface area contributed by atoms with Gasteiger partial charge in [0, 0.05) is 0 Å². The molecule has 0 aromatic carbocycles. The quantitative estimate of drug-likeness (QED) is 0.602. The molecule has 0 heterocycles. The summed E-state index contributed by atoms with van der Waals surface area (Å²) in [5, 5.41) is 0. The summed E-state index contributed by atoms with van der Waals surface area (Å²) in [5.41, 5.74) is 0. The van der Waals surface area contributed by atoms with E-state index in [2.05, 4.69) is 2.25 Å². The Morgan fingerprint density at radius 3 is 1.60 bits per heavy atom. The van der Waals surface area contributed by atoms with Crippen molar-refractivity contribution in [2.45, 2.75) is 0 Å². The van der Waals surface area contributed by atoms with Gasteiger partial charge >= 0.3 is 45.3 Å². The minimum atomic E-state index is -1.50. The number of hydrogen-bond acceptors (Lipinski definition) is 3. The third-order valence-electron chi connectivity index (χ3n) is 0.0370. The molecule has 0 aliphatic rings. The van der Waals surface area contributed by atoms with Crippen molar-refractivity contribution in [1.29, 1.82) is 0 Å². The van der Waals surface area contributed by atoms with Gasteiger partial charge in [0.05, 0.1) is 0 Å². The Balaban J connectivity index is 2.65. The van der Waals surface area contributed by atoms with Gasteiger partial charge in [0.25, 0.3) is 0 Å². The SMILES string of the molecule is [O]=[Ir][O][Ir]=[O]. The Labute approximate surface area is 45.4 Å². The van der Waals surface area contributed by atoms with Crippen LogP contribution in [0.15, 0.2) is 0 Å². The molecular formula is Ir2O3. The fourth-order valence-corrected chi connectivity index (χ4v) is 0.507. The van der Waals surface area contributed by atoms with Gasteiger partial charge in [0.2, 0.25) is 0 Å². The summed E-state index contributed by atoms with van der Waals surface area (Å²) in [7, 11) is 0. The molecule has 0 amide bonds. The number of hydrogen-bond donors (Lipinski definition) is 0. The second-order valence-corrected chi connectivity index (χ2v) is 3.95. The van der Waals surface area contributed by atoms with Crippen LogP contribution in [0.1, 0.15) is 0 Å². The molecule has 3 nitrogen and oxygen atoms in total. The maximum absolute atomic E-state index is 9.26. The second-order valence-electron chi connectivity index (χ2n) is 0.156. The maximum atomic E-state index is 9.26. The van der Waals surface area contributed by atoms with E-state index in [1.807, 2.05) is 0 Å². The first-order valence-corrected chi connectivity index (χ1v) is 4.46. The molecule has 0 N–H and O–H groups in total. The average molecular weight is 432 g/mol. The number of rotatable bonds is 2. The zero-order valence-electron chi connectivity index (χ0n) is 1.89. The predicted octanol–water partition coefficient (Wildman–Crippen LogP) is -0.311. The summed E-state index contributed by atoms with van der Waals surface area (Å²) in [5.74, 6) is 0. The molecule has 0 unspecified atom stereocenters.